The van der Waals surface area contributed by atoms with Gasteiger partial charge in [0.25, 0.3) is 5.91 Å². The Balaban J connectivity index is 2.33. The van der Waals surface area contributed by atoms with Crippen LogP contribution in [0, 0.1) is 40.4 Å². The smallest absolute Gasteiger partial charge is 0.251 e. The van der Waals surface area contributed by atoms with Gasteiger partial charge in [0.15, 0.2) is 33.1 Å². The molecule has 13 heteroatoms. The first-order chi connectivity index (χ1) is 15.0. The van der Waals surface area contributed by atoms with Crippen molar-refractivity contribution in [3.63, 3.8) is 0 Å². The van der Waals surface area contributed by atoms with Crippen LogP contribution >= 0.6 is 0 Å². The normalized spacial score (nSPS) is 12.0. The lowest BCUT2D eigenvalue weighted by Gasteiger charge is -2.18. The van der Waals surface area contributed by atoms with Gasteiger partial charge in [-0.1, -0.05) is 18.2 Å². The maximum Gasteiger partial charge on any atom is 0.251 e. The Morgan fingerprint density at radius 1 is 0.938 bits per heavy atom. The maximum absolute atomic E-state index is 13.9. The largest absolute Gasteiger partial charge is 0.341 e. The van der Waals surface area contributed by atoms with E-state index in [9.17, 15) is 40.0 Å². The van der Waals surface area contributed by atoms with Gasteiger partial charge in [0.2, 0.25) is 11.7 Å². The lowest BCUT2D eigenvalue weighted by atomic mass is 10.2. The zero-order chi connectivity index (χ0) is 24.1. The molecule has 7 nitrogen and oxygen atoms in total. The molecule has 0 aliphatic carbocycles. The van der Waals surface area contributed by atoms with Crippen LogP contribution in [-0.2, 0) is 20.4 Å². The van der Waals surface area contributed by atoms with E-state index in [1.54, 1.807) is 12.1 Å². The van der Waals surface area contributed by atoms with Gasteiger partial charge in [-0.25, -0.2) is 30.4 Å². The third-order valence-electron chi connectivity index (χ3n) is 4.09. The highest BCUT2D eigenvalue weighted by atomic mass is 32.2. The highest BCUT2D eigenvalue weighted by Crippen LogP contribution is 2.25. The van der Waals surface area contributed by atoms with Gasteiger partial charge in [-0.15, -0.1) is 0 Å². The van der Waals surface area contributed by atoms with Gasteiger partial charge in [-0.2, -0.15) is 5.26 Å². The van der Waals surface area contributed by atoms with E-state index >= 15 is 0 Å². The van der Waals surface area contributed by atoms with E-state index in [2.05, 4.69) is 5.32 Å². The fourth-order valence-electron chi connectivity index (χ4n) is 2.57. The molecule has 0 fully saturated rings. The highest BCUT2D eigenvalue weighted by molar-refractivity contribution is 7.90. The van der Waals surface area contributed by atoms with Gasteiger partial charge in [0, 0.05) is 11.1 Å². The standard InChI is InChI=1S/C19H14F5N3O4S/c20-13-11(14(21)16(23)17(24)15(13)22)8-32(30,31)9-12(19(29)26-7-6-25)27-18(28)10-4-2-1-3-5-10/h1-5,12H,7-9H2,(H,26,29)(H,27,28)/t12-/m0/s1. The molecule has 0 radical (unpaired) electrons. The van der Waals surface area contributed by atoms with Crippen molar-refractivity contribution in [3.8, 4) is 6.07 Å². The van der Waals surface area contributed by atoms with Crippen molar-refractivity contribution >= 4 is 21.7 Å². The van der Waals surface area contributed by atoms with Gasteiger partial charge < -0.3 is 10.6 Å². The van der Waals surface area contributed by atoms with Crippen molar-refractivity contribution in [1.82, 2.24) is 10.6 Å². The molecule has 0 spiro atoms. The summed E-state index contributed by atoms with van der Waals surface area (Å²) in [6.45, 7) is -0.547. The number of benzene rings is 2. The van der Waals surface area contributed by atoms with Gasteiger partial charge in [0.05, 0.1) is 17.6 Å². The summed E-state index contributed by atoms with van der Waals surface area (Å²) < 4.78 is 92.5. The molecule has 0 heterocycles. The predicted octanol–water partition coefficient (Wildman–Crippen LogP) is 1.74. The molecule has 2 N–H and O–H groups in total. The molecule has 170 valence electrons. The second kappa shape index (κ2) is 10.2. The lowest BCUT2D eigenvalue weighted by Crippen LogP contribution is -2.50. The summed E-state index contributed by atoms with van der Waals surface area (Å²) in [7, 11) is -4.72. The van der Waals surface area contributed by atoms with Gasteiger partial charge in [-0.3, -0.25) is 9.59 Å². The summed E-state index contributed by atoms with van der Waals surface area (Å²) in [4.78, 5) is 24.5. The molecule has 0 aliphatic rings. The Morgan fingerprint density at radius 3 is 2.00 bits per heavy atom. The molecular formula is C19H14F5N3O4S. The molecule has 0 saturated carbocycles. The van der Waals surface area contributed by atoms with Crippen LogP contribution in [0.5, 0.6) is 0 Å². The number of carbonyl (C=O) groups excluding carboxylic acids is 2. The molecular weight excluding hydrogens is 461 g/mol. The predicted molar refractivity (Wildman–Crippen MR) is 100 cm³/mol. The molecule has 2 rings (SSSR count). The minimum absolute atomic E-state index is 0.0442. The molecule has 0 unspecified atom stereocenters. The van der Waals surface area contributed by atoms with E-state index < -0.39 is 80.4 Å². The van der Waals surface area contributed by atoms with Crippen LogP contribution in [0.4, 0.5) is 22.0 Å². The second-order valence-corrected chi connectivity index (χ2v) is 8.48. The van der Waals surface area contributed by atoms with Crippen molar-refractivity contribution in [1.29, 1.82) is 5.26 Å². The summed E-state index contributed by atoms with van der Waals surface area (Å²) in [5.41, 5.74) is -1.56. The van der Waals surface area contributed by atoms with Gasteiger partial charge >= 0.3 is 0 Å². The number of amides is 2. The summed E-state index contributed by atoms with van der Waals surface area (Å²) in [6, 6.07) is 6.99. The topological polar surface area (TPSA) is 116 Å². The average Bonchev–Trinajstić information content (AvgIpc) is 2.77. The van der Waals surface area contributed by atoms with Crippen LogP contribution in [-0.4, -0.2) is 38.6 Å². The van der Waals surface area contributed by atoms with E-state index in [0.29, 0.717) is 0 Å². The first kappa shape index (κ1) is 24.7. The number of halogens is 5. The highest BCUT2D eigenvalue weighted by Gasteiger charge is 2.32. The van der Waals surface area contributed by atoms with Crippen LogP contribution in [0.1, 0.15) is 15.9 Å². The van der Waals surface area contributed by atoms with E-state index in [-0.39, 0.29) is 5.56 Å². The molecule has 1 atom stereocenters. The zero-order valence-electron chi connectivity index (χ0n) is 16.0. The quantitative estimate of drug-likeness (QED) is 0.261. The number of hydrogen-bond acceptors (Lipinski definition) is 5. The molecule has 0 aromatic heterocycles. The summed E-state index contributed by atoms with van der Waals surface area (Å²) in [5, 5.41) is 12.7. The molecule has 0 aliphatic heterocycles. The maximum atomic E-state index is 13.9. The number of nitriles is 1. The van der Waals surface area contributed by atoms with E-state index in [0.717, 1.165) is 0 Å². The number of carbonyl (C=O) groups is 2. The third kappa shape index (κ3) is 5.79. The van der Waals surface area contributed by atoms with Crippen LogP contribution in [0.25, 0.3) is 0 Å². The first-order valence-electron chi connectivity index (χ1n) is 8.69. The van der Waals surface area contributed by atoms with Crippen molar-refractivity contribution < 1.29 is 40.0 Å². The van der Waals surface area contributed by atoms with E-state index in [1.165, 1.54) is 24.3 Å². The lowest BCUT2D eigenvalue weighted by molar-refractivity contribution is -0.122. The minimum Gasteiger partial charge on any atom is -0.341 e. The minimum atomic E-state index is -4.72. The summed E-state index contributed by atoms with van der Waals surface area (Å²) in [5.74, 6) is -16.6. The molecule has 2 aromatic carbocycles. The Hall–Kier alpha value is -3.53. The number of nitrogens with zero attached hydrogens (tertiary/aromatic N) is 1. The van der Waals surface area contributed by atoms with Crippen molar-refractivity contribution in [2.75, 3.05) is 12.3 Å². The SMILES string of the molecule is N#CCNC(=O)[C@H](CS(=O)(=O)Cc1c(F)c(F)c(F)c(F)c1F)NC(=O)c1ccccc1. The van der Waals surface area contributed by atoms with Gasteiger partial charge in [0.1, 0.15) is 12.6 Å². The third-order valence-corrected chi connectivity index (χ3v) is 5.65. The Morgan fingerprint density at radius 2 is 1.47 bits per heavy atom. The second-order valence-electron chi connectivity index (χ2n) is 6.37. The Labute approximate surface area is 178 Å². The molecule has 2 aromatic rings. The van der Waals surface area contributed by atoms with E-state index in [4.69, 9.17) is 5.26 Å². The molecule has 32 heavy (non-hydrogen) atoms. The van der Waals surface area contributed by atoms with E-state index in [1.807, 2.05) is 5.32 Å². The number of hydrogen-bond donors (Lipinski definition) is 2. The monoisotopic (exact) mass is 475 g/mol. The molecule has 0 bridgehead atoms. The number of rotatable bonds is 8. The first-order valence-corrected chi connectivity index (χ1v) is 10.5. The fraction of sp³-hybridized carbons (Fsp3) is 0.211. The summed E-state index contributed by atoms with van der Waals surface area (Å²) in [6.07, 6.45) is 0. The average molecular weight is 475 g/mol. The summed E-state index contributed by atoms with van der Waals surface area (Å²) >= 11 is 0. The fourth-order valence-corrected chi connectivity index (χ4v) is 4.13. The number of nitrogens with one attached hydrogen (secondary N) is 2. The zero-order valence-corrected chi connectivity index (χ0v) is 16.8. The molecule has 2 amide bonds. The van der Waals surface area contributed by atoms with Crippen molar-refractivity contribution in [2.24, 2.45) is 0 Å². The van der Waals surface area contributed by atoms with Crippen LogP contribution < -0.4 is 10.6 Å². The van der Waals surface area contributed by atoms with Crippen LogP contribution in [0.2, 0.25) is 0 Å². The molecule has 0 saturated heterocycles. The Bertz CT molecular complexity index is 1150. The van der Waals surface area contributed by atoms with Crippen LogP contribution in [0.15, 0.2) is 30.3 Å². The van der Waals surface area contributed by atoms with Crippen molar-refractivity contribution in [2.45, 2.75) is 11.8 Å². The Kier molecular flexibility index (Phi) is 7.87. The van der Waals surface area contributed by atoms with Gasteiger partial charge in [-0.05, 0) is 12.1 Å². The van der Waals surface area contributed by atoms with Crippen molar-refractivity contribution in [3.05, 3.63) is 70.5 Å². The number of sulfone groups is 1. The van der Waals surface area contributed by atoms with Crippen LogP contribution in [0.3, 0.4) is 0 Å².